The summed E-state index contributed by atoms with van der Waals surface area (Å²) in [4.78, 5) is 13.9. The molecule has 0 spiro atoms. The van der Waals surface area contributed by atoms with Gasteiger partial charge in [-0.05, 0) is 50.1 Å². The van der Waals surface area contributed by atoms with Gasteiger partial charge in [-0.25, -0.2) is 0 Å². The Labute approximate surface area is 121 Å². The highest BCUT2D eigenvalue weighted by Crippen LogP contribution is 2.16. The lowest BCUT2D eigenvalue weighted by Gasteiger charge is -2.23. The first-order valence-electron chi connectivity index (χ1n) is 7.24. The van der Waals surface area contributed by atoms with Crippen molar-refractivity contribution in [2.75, 3.05) is 26.7 Å². The molecule has 110 valence electrons. The largest absolute Gasteiger partial charge is 0.493 e. The van der Waals surface area contributed by atoms with Crippen molar-refractivity contribution < 1.29 is 9.53 Å². The summed E-state index contributed by atoms with van der Waals surface area (Å²) in [5.74, 6) is 1.00. The predicted octanol–water partition coefficient (Wildman–Crippen LogP) is 1.89. The van der Waals surface area contributed by atoms with Gasteiger partial charge in [-0.3, -0.25) is 4.79 Å². The van der Waals surface area contributed by atoms with Crippen molar-refractivity contribution in [2.45, 2.75) is 32.7 Å². The Kier molecular flexibility index (Phi) is 5.01. The van der Waals surface area contributed by atoms with Gasteiger partial charge in [0.05, 0.1) is 13.0 Å². The molecule has 2 rings (SSSR count). The van der Waals surface area contributed by atoms with Gasteiger partial charge in [0.25, 0.3) is 0 Å². The van der Waals surface area contributed by atoms with Crippen LogP contribution in [-0.4, -0.2) is 43.6 Å². The van der Waals surface area contributed by atoms with Crippen molar-refractivity contribution in [3.63, 3.8) is 0 Å². The fraction of sp³-hybridized carbons (Fsp3) is 0.562. The number of carbonyl (C=O) groups is 1. The summed E-state index contributed by atoms with van der Waals surface area (Å²) in [6.45, 7) is 6.44. The number of benzene rings is 1. The molecular formula is C16H24N2O2. The highest BCUT2D eigenvalue weighted by atomic mass is 16.5. The van der Waals surface area contributed by atoms with E-state index in [0.717, 1.165) is 25.3 Å². The third-order valence-corrected chi connectivity index (χ3v) is 3.76. The number of carbonyl (C=O) groups excluding carboxylic acids is 1. The molecule has 1 aliphatic heterocycles. The van der Waals surface area contributed by atoms with Gasteiger partial charge in [-0.1, -0.05) is 6.07 Å². The van der Waals surface area contributed by atoms with E-state index in [1.54, 1.807) is 0 Å². The number of nitrogens with zero attached hydrogens (tertiary/aromatic N) is 1. The Bertz CT molecular complexity index is 447. The van der Waals surface area contributed by atoms with Crippen molar-refractivity contribution in [3.05, 3.63) is 29.3 Å². The summed E-state index contributed by atoms with van der Waals surface area (Å²) < 4.78 is 5.69. The Balaban J connectivity index is 1.78. The monoisotopic (exact) mass is 276 g/mol. The summed E-state index contributed by atoms with van der Waals surface area (Å²) in [6, 6.07) is 6.45. The van der Waals surface area contributed by atoms with Crippen LogP contribution in [0, 0.1) is 13.8 Å². The minimum Gasteiger partial charge on any atom is -0.493 e. The molecule has 1 fully saturated rings. The Morgan fingerprint density at radius 3 is 2.65 bits per heavy atom. The Morgan fingerprint density at radius 1 is 1.35 bits per heavy atom. The van der Waals surface area contributed by atoms with Gasteiger partial charge in [0, 0.05) is 19.6 Å². The number of nitrogens with one attached hydrogen (secondary N) is 1. The van der Waals surface area contributed by atoms with Gasteiger partial charge in [-0.2, -0.15) is 0 Å². The molecule has 0 aromatic heterocycles. The van der Waals surface area contributed by atoms with Crippen LogP contribution in [0.2, 0.25) is 0 Å². The minimum atomic E-state index is 0.156. The van der Waals surface area contributed by atoms with Gasteiger partial charge in [0.15, 0.2) is 0 Å². The molecule has 1 aromatic rings. The minimum absolute atomic E-state index is 0.156. The molecule has 4 heteroatoms. The molecule has 1 N–H and O–H groups in total. The lowest BCUT2D eigenvalue weighted by Crippen LogP contribution is -2.38. The summed E-state index contributed by atoms with van der Waals surface area (Å²) in [6.07, 6.45) is 1.47. The first-order valence-corrected chi connectivity index (χ1v) is 7.24. The van der Waals surface area contributed by atoms with Crippen LogP contribution in [0.25, 0.3) is 0 Å². The second kappa shape index (κ2) is 6.75. The van der Waals surface area contributed by atoms with Crippen LogP contribution in [0.3, 0.4) is 0 Å². The average molecular weight is 276 g/mol. The highest BCUT2D eigenvalue weighted by molar-refractivity contribution is 5.76. The highest BCUT2D eigenvalue weighted by Gasteiger charge is 2.22. The standard InChI is InChI=1S/C16H24N2O2/c1-12-8-13(2)10-15(9-12)20-7-5-16(19)18(3)14-4-6-17-11-14/h8-10,14,17H,4-7,11H2,1-3H3. The maximum atomic E-state index is 12.1. The van der Waals surface area contributed by atoms with Gasteiger partial charge < -0.3 is 15.0 Å². The summed E-state index contributed by atoms with van der Waals surface area (Å²) >= 11 is 0. The lowest BCUT2D eigenvalue weighted by molar-refractivity contribution is -0.132. The number of amides is 1. The Morgan fingerprint density at radius 2 is 2.05 bits per heavy atom. The number of ether oxygens (including phenoxy) is 1. The molecule has 0 aliphatic carbocycles. The number of likely N-dealkylation sites (N-methyl/N-ethyl adjacent to an activating group) is 1. The van der Waals surface area contributed by atoms with Gasteiger partial charge in [0.1, 0.15) is 5.75 Å². The van der Waals surface area contributed by atoms with E-state index in [1.807, 2.05) is 37.9 Å². The quantitative estimate of drug-likeness (QED) is 0.893. The second-order valence-electron chi connectivity index (χ2n) is 5.57. The normalized spacial score (nSPS) is 18.1. The molecule has 1 unspecified atom stereocenters. The third kappa shape index (κ3) is 3.97. The molecule has 1 atom stereocenters. The SMILES string of the molecule is Cc1cc(C)cc(OCCC(=O)N(C)C2CCNC2)c1. The fourth-order valence-electron chi connectivity index (χ4n) is 2.62. The summed E-state index contributed by atoms with van der Waals surface area (Å²) in [5.41, 5.74) is 2.36. The van der Waals surface area contributed by atoms with E-state index >= 15 is 0 Å². The van der Waals surface area contributed by atoms with Crippen molar-refractivity contribution in [1.29, 1.82) is 0 Å². The van der Waals surface area contributed by atoms with E-state index in [2.05, 4.69) is 11.4 Å². The molecule has 0 saturated carbocycles. The van der Waals surface area contributed by atoms with E-state index in [0.29, 0.717) is 19.1 Å². The first-order chi connectivity index (χ1) is 9.56. The van der Waals surface area contributed by atoms with Crippen molar-refractivity contribution >= 4 is 5.91 Å². The van der Waals surface area contributed by atoms with Gasteiger partial charge in [-0.15, -0.1) is 0 Å². The molecule has 20 heavy (non-hydrogen) atoms. The van der Waals surface area contributed by atoms with Crippen LogP contribution < -0.4 is 10.1 Å². The maximum Gasteiger partial charge on any atom is 0.226 e. The summed E-state index contributed by atoms with van der Waals surface area (Å²) in [7, 11) is 1.89. The van der Waals surface area contributed by atoms with E-state index in [-0.39, 0.29) is 5.91 Å². The van der Waals surface area contributed by atoms with E-state index in [1.165, 1.54) is 11.1 Å². The predicted molar refractivity (Wildman–Crippen MR) is 80.1 cm³/mol. The summed E-state index contributed by atoms with van der Waals surface area (Å²) in [5, 5.41) is 3.28. The van der Waals surface area contributed by atoms with E-state index < -0.39 is 0 Å². The molecule has 1 amide bonds. The molecule has 1 heterocycles. The van der Waals surface area contributed by atoms with Crippen molar-refractivity contribution in [1.82, 2.24) is 10.2 Å². The van der Waals surface area contributed by atoms with Crippen LogP contribution in [-0.2, 0) is 4.79 Å². The van der Waals surface area contributed by atoms with Crippen LogP contribution in [0.1, 0.15) is 24.0 Å². The van der Waals surface area contributed by atoms with Gasteiger partial charge >= 0.3 is 0 Å². The van der Waals surface area contributed by atoms with Crippen molar-refractivity contribution in [2.24, 2.45) is 0 Å². The van der Waals surface area contributed by atoms with E-state index in [9.17, 15) is 4.79 Å². The number of aryl methyl sites for hydroxylation is 2. The average Bonchev–Trinajstić information content (AvgIpc) is 2.90. The molecular weight excluding hydrogens is 252 g/mol. The third-order valence-electron chi connectivity index (χ3n) is 3.76. The molecule has 0 radical (unpaired) electrons. The number of hydrogen-bond donors (Lipinski definition) is 1. The Hall–Kier alpha value is -1.55. The fourth-order valence-corrected chi connectivity index (χ4v) is 2.62. The zero-order chi connectivity index (χ0) is 14.5. The number of hydrogen-bond acceptors (Lipinski definition) is 3. The second-order valence-corrected chi connectivity index (χ2v) is 5.57. The van der Waals surface area contributed by atoms with Gasteiger partial charge in [0.2, 0.25) is 5.91 Å². The van der Waals surface area contributed by atoms with Crippen LogP contribution in [0.15, 0.2) is 18.2 Å². The molecule has 1 aromatic carbocycles. The smallest absolute Gasteiger partial charge is 0.226 e. The molecule has 4 nitrogen and oxygen atoms in total. The van der Waals surface area contributed by atoms with E-state index in [4.69, 9.17) is 4.74 Å². The topological polar surface area (TPSA) is 41.6 Å². The van der Waals surface area contributed by atoms with Crippen LogP contribution in [0.4, 0.5) is 0 Å². The zero-order valence-electron chi connectivity index (χ0n) is 12.6. The first kappa shape index (κ1) is 14.9. The van der Waals surface area contributed by atoms with Crippen LogP contribution in [0.5, 0.6) is 5.75 Å². The van der Waals surface area contributed by atoms with Crippen LogP contribution >= 0.6 is 0 Å². The lowest BCUT2D eigenvalue weighted by atomic mass is 10.1. The zero-order valence-corrected chi connectivity index (χ0v) is 12.6. The molecule has 1 aliphatic rings. The maximum absolute atomic E-state index is 12.1. The van der Waals surface area contributed by atoms with Crippen molar-refractivity contribution in [3.8, 4) is 5.75 Å². The number of rotatable bonds is 5. The molecule has 0 bridgehead atoms. The molecule has 1 saturated heterocycles.